The number of rotatable bonds is 2. The Labute approximate surface area is 133 Å². The summed E-state index contributed by atoms with van der Waals surface area (Å²) in [6.45, 7) is 9.83. The Kier molecular flexibility index (Phi) is 5.45. The van der Waals surface area contributed by atoms with Crippen molar-refractivity contribution in [1.29, 1.82) is 0 Å². The monoisotopic (exact) mass is 314 g/mol. The van der Waals surface area contributed by atoms with Gasteiger partial charge in [-0.15, -0.1) is 12.4 Å². The van der Waals surface area contributed by atoms with Crippen LogP contribution in [0.2, 0.25) is 0 Å². The Hall–Kier alpha value is -1.07. The van der Waals surface area contributed by atoms with Crippen LogP contribution in [0.15, 0.2) is 6.20 Å². The van der Waals surface area contributed by atoms with Crippen molar-refractivity contribution in [2.24, 2.45) is 18.2 Å². The number of hydrogen-bond acceptors (Lipinski definition) is 3. The van der Waals surface area contributed by atoms with Crippen molar-refractivity contribution < 1.29 is 4.79 Å². The fourth-order valence-corrected chi connectivity index (χ4v) is 2.81. The normalized spacial score (nSPS) is 21.3. The summed E-state index contributed by atoms with van der Waals surface area (Å²) < 4.78 is 1.73. The van der Waals surface area contributed by atoms with E-state index in [1.165, 1.54) is 0 Å². The van der Waals surface area contributed by atoms with Crippen LogP contribution in [-0.4, -0.2) is 39.7 Å². The molecule has 1 amide bonds. The molecule has 5 nitrogen and oxygen atoms in total. The van der Waals surface area contributed by atoms with Crippen molar-refractivity contribution >= 4 is 18.3 Å². The van der Waals surface area contributed by atoms with Gasteiger partial charge in [-0.1, -0.05) is 27.7 Å². The quantitative estimate of drug-likeness (QED) is 0.910. The standard InChI is InChI=1S/C15H26N4O.ClH/c1-10(2)13-11(8-18(5)17-13)14(20)19-7-6-12(16)15(3,4)9-19;/h8,10,12H,6-7,9,16H2,1-5H3;1H. The van der Waals surface area contributed by atoms with Crippen LogP contribution in [0.3, 0.4) is 0 Å². The Bertz CT molecular complexity index is 510. The Balaban J connectivity index is 0.00000220. The van der Waals surface area contributed by atoms with Crippen LogP contribution in [-0.2, 0) is 7.05 Å². The number of likely N-dealkylation sites (tertiary alicyclic amines) is 1. The number of carbonyl (C=O) groups is 1. The molecule has 2 rings (SSSR count). The van der Waals surface area contributed by atoms with Crippen LogP contribution >= 0.6 is 12.4 Å². The van der Waals surface area contributed by atoms with E-state index in [4.69, 9.17) is 5.73 Å². The molecule has 1 fully saturated rings. The lowest BCUT2D eigenvalue weighted by Crippen LogP contribution is -2.54. The van der Waals surface area contributed by atoms with E-state index in [1.54, 1.807) is 4.68 Å². The Morgan fingerprint density at radius 3 is 2.62 bits per heavy atom. The van der Waals surface area contributed by atoms with Gasteiger partial charge in [-0.05, 0) is 17.8 Å². The zero-order chi connectivity index (χ0) is 15.1. The SMILES string of the molecule is CC(C)c1nn(C)cc1C(=O)N1CCC(N)C(C)(C)C1.Cl. The fourth-order valence-electron chi connectivity index (χ4n) is 2.81. The van der Waals surface area contributed by atoms with Crippen LogP contribution < -0.4 is 5.73 Å². The molecule has 2 heterocycles. The fraction of sp³-hybridized carbons (Fsp3) is 0.733. The van der Waals surface area contributed by atoms with E-state index in [0.717, 1.165) is 24.2 Å². The number of hydrogen-bond donors (Lipinski definition) is 1. The Morgan fingerprint density at radius 1 is 1.48 bits per heavy atom. The first-order valence-electron chi connectivity index (χ1n) is 7.31. The third-order valence-electron chi connectivity index (χ3n) is 4.23. The molecule has 1 atom stereocenters. The summed E-state index contributed by atoms with van der Waals surface area (Å²) in [5, 5.41) is 4.42. The van der Waals surface area contributed by atoms with Gasteiger partial charge in [-0.2, -0.15) is 5.10 Å². The number of carbonyl (C=O) groups excluding carboxylic acids is 1. The average Bonchev–Trinajstić information content (AvgIpc) is 2.74. The first kappa shape index (κ1) is 18.0. The molecule has 21 heavy (non-hydrogen) atoms. The second-order valence-electron chi connectivity index (χ2n) is 6.87. The predicted molar refractivity (Wildman–Crippen MR) is 86.8 cm³/mol. The summed E-state index contributed by atoms with van der Waals surface area (Å²) >= 11 is 0. The number of amides is 1. The van der Waals surface area contributed by atoms with Crippen LogP contribution in [0.5, 0.6) is 0 Å². The number of aromatic nitrogens is 2. The van der Waals surface area contributed by atoms with Crippen molar-refractivity contribution in [3.05, 3.63) is 17.5 Å². The van der Waals surface area contributed by atoms with Gasteiger partial charge < -0.3 is 10.6 Å². The van der Waals surface area contributed by atoms with Crippen LogP contribution in [0, 0.1) is 5.41 Å². The molecular weight excluding hydrogens is 288 g/mol. The number of nitrogens with two attached hydrogens (primary N) is 1. The second kappa shape index (κ2) is 6.36. The van der Waals surface area contributed by atoms with Crippen molar-refractivity contribution in [3.63, 3.8) is 0 Å². The van der Waals surface area contributed by atoms with Gasteiger partial charge in [0.2, 0.25) is 0 Å². The maximum atomic E-state index is 12.8. The second-order valence-corrected chi connectivity index (χ2v) is 6.87. The Morgan fingerprint density at radius 2 is 2.10 bits per heavy atom. The van der Waals surface area contributed by atoms with Gasteiger partial charge in [0.25, 0.3) is 5.91 Å². The van der Waals surface area contributed by atoms with Crippen molar-refractivity contribution in [2.45, 2.75) is 46.1 Å². The largest absolute Gasteiger partial charge is 0.338 e. The molecule has 2 N–H and O–H groups in total. The van der Waals surface area contributed by atoms with E-state index in [9.17, 15) is 4.79 Å². The number of halogens is 1. The van der Waals surface area contributed by atoms with E-state index in [2.05, 4.69) is 32.8 Å². The zero-order valence-corrected chi connectivity index (χ0v) is 14.4. The van der Waals surface area contributed by atoms with Crippen LogP contribution in [0.4, 0.5) is 0 Å². The van der Waals surface area contributed by atoms with Gasteiger partial charge in [-0.25, -0.2) is 0 Å². The van der Waals surface area contributed by atoms with Crippen molar-refractivity contribution in [1.82, 2.24) is 14.7 Å². The third kappa shape index (κ3) is 3.58. The summed E-state index contributed by atoms with van der Waals surface area (Å²) in [4.78, 5) is 14.7. The molecule has 1 aromatic rings. The van der Waals surface area contributed by atoms with E-state index in [0.29, 0.717) is 6.54 Å². The molecule has 6 heteroatoms. The van der Waals surface area contributed by atoms with Crippen molar-refractivity contribution in [3.8, 4) is 0 Å². The molecule has 1 aliphatic rings. The zero-order valence-electron chi connectivity index (χ0n) is 13.6. The molecule has 120 valence electrons. The predicted octanol–water partition coefficient (Wildman–Crippen LogP) is 2.16. The molecule has 0 bridgehead atoms. The molecular formula is C15H27ClN4O. The average molecular weight is 315 g/mol. The third-order valence-corrected chi connectivity index (χ3v) is 4.23. The minimum atomic E-state index is -0.0336. The van der Waals surface area contributed by atoms with Gasteiger partial charge in [0.05, 0.1) is 11.3 Å². The highest BCUT2D eigenvalue weighted by Gasteiger charge is 2.36. The first-order valence-corrected chi connectivity index (χ1v) is 7.31. The van der Waals surface area contributed by atoms with E-state index in [-0.39, 0.29) is 35.7 Å². The molecule has 0 aliphatic carbocycles. The topological polar surface area (TPSA) is 64.2 Å². The highest BCUT2D eigenvalue weighted by Crippen LogP contribution is 2.29. The summed E-state index contributed by atoms with van der Waals surface area (Å²) in [5.74, 6) is 0.331. The van der Waals surface area contributed by atoms with E-state index >= 15 is 0 Å². The summed E-state index contributed by atoms with van der Waals surface area (Å²) in [5.41, 5.74) is 7.72. The van der Waals surface area contributed by atoms with Crippen molar-refractivity contribution in [2.75, 3.05) is 13.1 Å². The smallest absolute Gasteiger partial charge is 0.257 e. The number of aryl methyl sites for hydroxylation is 1. The molecule has 0 spiro atoms. The molecule has 0 saturated carbocycles. The lowest BCUT2D eigenvalue weighted by Gasteiger charge is -2.42. The van der Waals surface area contributed by atoms with Crippen LogP contribution in [0.1, 0.15) is 56.1 Å². The summed E-state index contributed by atoms with van der Waals surface area (Å²) in [6, 6.07) is 0.157. The summed E-state index contributed by atoms with van der Waals surface area (Å²) in [6.07, 6.45) is 2.69. The molecule has 1 aliphatic heterocycles. The molecule has 1 aromatic heterocycles. The van der Waals surface area contributed by atoms with E-state index in [1.807, 2.05) is 18.1 Å². The molecule has 1 saturated heterocycles. The highest BCUT2D eigenvalue weighted by molar-refractivity contribution is 5.95. The van der Waals surface area contributed by atoms with Gasteiger partial charge in [0.15, 0.2) is 0 Å². The lowest BCUT2D eigenvalue weighted by atomic mass is 9.79. The molecule has 0 aromatic carbocycles. The van der Waals surface area contributed by atoms with Crippen LogP contribution in [0.25, 0.3) is 0 Å². The highest BCUT2D eigenvalue weighted by atomic mass is 35.5. The minimum absolute atomic E-state index is 0. The van der Waals surface area contributed by atoms with Gasteiger partial charge in [0, 0.05) is 32.4 Å². The minimum Gasteiger partial charge on any atom is -0.338 e. The molecule has 0 radical (unpaired) electrons. The summed E-state index contributed by atoms with van der Waals surface area (Å²) in [7, 11) is 1.86. The van der Waals surface area contributed by atoms with E-state index < -0.39 is 0 Å². The number of piperidine rings is 1. The maximum absolute atomic E-state index is 12.8. The van der Waals surface area contributed by atoms with Gasteiger partial charge in [0.1, 0.15) is 0 Å². The van der Waals surface area contributed by atoms with Gasteiger partial charge in [-0.3, -0.25) is 9.48 Å². The molecule has 1 unspecified atom stereocenters. The lowest BCUT2D eigenvalue weighted by molar-refractivity contribution is 0.0531. The van der Waals surface area contributed by atoms with Gasteiger partial charge >= 0.3 is 0 Å². The first-order chi connectivity index (χ1) is 9.22. The number of nitrogens with zero attached hydrogens (tertiary/aromatic N) is 3. The maximum Gasteiger partial charge on any atom is 0.257 e.